The maximum absolute atomic E-state index is 11.2. The van der Waals surface area contributed by atoms with E-state index in [2.05, 4.69) is 30.6 Å². The van der Waals surface area contributed by atoms with Gasteiger partial charge in [-0.05, 0) is 12.1 Å². The quantitative estimate of drug-likeness (QED) is 0.679. The zero-order chi connectivity index (χ0) is 15.2. The molecule has 110 valence electrons. The Morgan fingerprint density at radius 3 is 2.76 bits per heavy atom. The maximum Gasteiger partial charge on any atom is 0.358 e. The van der Waals surface area contributed by atoms with Crippen LogP contribution in [0.5, 0.6) is 0 Å². The first-order chi connectivity index (χ1) is 10.1. The fraction of sp³-hybridized carbons (Fsp3) is 0.273. The number of ether oxygens (including phenoxy) is 1. The van der Waals surface area contributed by atoms with Crippen LogP contribution >= 0.6 is 0 Å². The van der Waals surface area contributed by atoms with E-state index in [-0.39, 0.29) is 12.2 Å². The molecule has 10 heteroatoms. The van der Waals surface area contributed by atoms with E-state index in [9.17, 15) is 9.59 Å². The van der Waals surface area contributed by atoms with Crippen molar-refractivity contribution in [3.05, 3.63) is 29.7 Å². The predicted molar refractivity (Wildman–Crippen MR) is 68.4 cm³/mol. The summed E-state index contributed by atoms with van der Waals surface area (Å²) >= 11 is 0. The van der Waals surface area contributed by atoms with E-state index in [1.54, 1.807) is 6.07 Å². The topological polar surface area (TPSA) is 132 Å². The summed E-state index contributed by atoms with van der Waals surface area (Å²) in [6, 6.07) is 3.05. The molecule has 0 fully saturated rings. The summed E-state index contributed by atoms with van der Waals surface area (Å²) in [5, 5.41) is 26.5. The number of hydrogen-bond donors (Lipinski definition) is 2. The number of aromatic nitrogens is 5. The summed E-state index contributed by atoms with van der Waals surface area (Å²) in [6.07, 6.45) is 1.51. The average Bonchev–Trinajstić information content (AvgIpc) is 2.91. The molecule has 0 aromatic carbocycles. The maximum atomic E-state index is 11.2. The largest absolute Gasteiger partial charge is 0.480 e. The van der Waals surface area contributed by atoms with Gasteiger partial charge in [0.1, 0.15) is 18.1 Å². The number of nitrogens with one attached hydrogen (secondary N) is 1. The molecule has 0 saturated heterocycles. The molecular weight excluding hydrogens is 280 g/mol. The third-order valence-electron chi connectivity index (χ3n) is 2.39. The second-order valence-electron chi connectivity index (χ2n) is 3.95. The molecule has 2 N–H and O–H groups in total. The van der Waals surface area contributed by atoms with E-state index in [4.69, 9.17) is 5.11 Å². The predicted octanol–water partition coefficient (Wildman–Crippen LogP) is -0.449. The van der Waals surface area contributed by atoms with Gasteiger partial charge >= 0.3 is 11.9 Å². The van der Waals surface area contributed by atoms with Gasteiger partial charge < -0.3 is 15.2 Å². The van der Waals surface area contributed by atoms with Crippen LogP contribution in [0.25, 0.3) is 0 Å². The normalized spacial score (nSPS) is 10.1. The summed E-state index contributed by atoms with van der Waals surface area (Å²) in [4.78, 5) is 21.7. The number of nitrogens with zero attached hydrogens (tertiary/aromatic N) is 5. The van der Waals surface area contributed by atoms with Crippen molar-refractivity contribution in [2.75, 3.05) is 12.4 Å². The Labute approximate surface area is 118 Å². The van der Waals surface area contributed by atoms with Crippen molar-refractivity contribution in [1.82, 2.24) is 25.2 Å². The van der Waals surface area contributed by atoms with Crippen LogP contribution in [0.3, 0.4) is 0 Å². The molecule has 2 aromatic heterocycles. The van der Waals surface area contributed by atoms with E-state index >= 15 is 0 Å². The van der Waals surface area contributed by atoms with Crippen LogP contribution in [0.15, 0.2) is 18.3 Å². The minimum atomic E-state index is -0.997. The number of carbonyl (C=O) groups excluding carboxylic acids is 1. The number of carboxylic acids is 1. The highest BCUT2D eigenvalue weighted by Crippen LogP contribution is 2.05. The van der Waals surface area contributed by atoms with Crippen LogP contribution in [0.2, 0.25) is 0 Å². The van der Waals surface area contributed by atoms with Gasteiger partial charge in [-0.25, -0.2) is 9.48 Å². The number of rotatable bonds is 6. The first kappa shape index (κ1) is 14.4. The minimum Gasteiger partial charge on any atom is -0.480 e. The molecule has 0 aliphatic rings. The van der Waals surface area contributed by atoms with Gasteiger partial charge in [-0.3, -0.25) is 4.79 Å². The lowest BCUT2D eigenvalue weighted by Crippen LogP contribution is -2.09. The van der Waals surface area contributed by atoms with E-state index in [0.717, 1.165) is 0 Å². The Bertz CT molecular complexity index is 638. The zero-order valence-electron chi connectivity index (χ0n) is 11.1. The van der Waals surface area contributed by atoms with Crippen molar-refractivity contribution in [3.63, 3.8) is 0 Å². The van der Waals surface area contributed by atoms with E-state index in [1.165, 1.54) is 24.1 Å². The summed E-state index contributed by atoms with van der Waals surface area (Å²) in [6.45, 7) is 0.0481. The van der Waals surface area contributed by atoms with Crippen LogP contribution < -0.4 is 5.32 Å². The Kier molecular flexibility index (Phi) is 4.39. The van der Waals surface area contributed by atoms with Crippen molar-refractivity contribution in [2.45, 2.75) is 13.1 Å². The summed E-state index contributed by atoms with van der Waals surface area (Å²) in [5.41, 5.74) is 0.658. The molecule has 0 aliphatic heterocycles. The van der Waals surface area contributed by atoms with Crippen molar-refractivity contribution in [3.8, 4) is 0 Å². The van der Waals surface area contributed by atoms with Crippen molar-refractivity contribution in [2.24, 2.45) is 0 Å². The Balaban J connectivity index is 1.92. The van der Waals surface area contributed by atoms with Crippen LogP contribution in [-0.2, 0) is 22.6 Å². The fourth-order valence-corrected chi connectivity index (χ4v) is 1.46. The van der Waals surface area contributed by atoms with Gasteiger partial charge in [0.25, 0.3) is 0 Å². The molecule has 0 amide bonds. The average molecular weight is 292 g/mol. The number of esters is 1. The summed E-state index contributed by atoms with van der Waals surface area (Å²) in [5.74, 6) is -1.12. The molecule has 0 radical (unpaired) electrons. The number of carboxylic acid groups (broad SMARTS) is 1. The summed E-state index contributed by atoms with van der Waals surface area (Å²) in [7, 11) is 1.26. The van der Waals surface area contributed by atoms with Crippen molar-refractivity contribution >= 4 is 17.8 Å². The van der Waals surface area contributed by atoms with Gasteiger partial charge in [-0.2, -0.15) is 0 Å². The highest BCUT2D eigenvalue weighted by Gasteiger charge is 2.08. The molecular formula is C11H12N6O4. The number of anilines is 1. The third kappa shape index (κ3) is 3.96. The minimum absolute atomic E-state index is 0.107. The molecule has 0 bridgehead atoms. The van der Waals surface area contributed by atoms with Gasteiger partial charge in [0, 0.05) is 0 Å². The molecule has 0 aliphatic carbocycles. The summed E-state index contributed by atoms with van der Waals surface area (Å²) < 4.78 is 5.72. The Morgan fingerprint density at radius 2 is 2.14 bits per heavy atom. The smallest absolute Gasteiger partial charge is 0.358 e. The molecule has 10 nitrogen and oxygen atoms in total. The van der Waals surface area contributed by atoms with Crippen LogP contribution in [0.4, 0.5) is 5.82 Å². The molecule has 0 atom stereocenters. The zero-order valence-corrected chi connectivity index (χ0v) is 11.1. The Hall–Kier alpha value is -3.04. The molecule has 0 unspecified atom stereocenters. The Morgan fingerprint density at radius 1 is 1.33 bits per heavy atom. The highest BCUT2D eigenvalue weighted by atomic mass is 16.5. The SMILES string of the molecule is COC(=O)c1ccc(NCc2cn(CC(=O)O)nn2)nn1. The lowest BCUT2D eigenvalue weighted by molar-refractivity contribution is -0.137. The number of methoxy groups -OCH3 is 1. The third-order valence-corrected chi connectivity index (χ3v) is 2.39. The van der Waals surface area contributed by atoms with Crippen molar-refractivity contribution in [1.29, 1.82) is 0 Å². The second-order valence-corrected chi connectivity index (χ2v) is 3.95. The lowest BCUT2D eigenvalue weighted by Gasteiger charge is -2.02. The van der Waals surface area contributed by atoms with Crippen LogP contribution in [0.1, 0.15) is 16.2 Å². The molecule has 2 heterocycles. The molecule has 0 saturated carbocycles. The van der Waals surface area contributed by atoms with E-state index in [0.29, 0.717) is 18.1 Å². The first-order valence-electron chi connectivity index (χ1n) is 5.85. The second kappa shape index (κ2) is 6.41. The molecule has 21 heavy (non-hydrogen) atoms. The first-order valence-corrected chi connectivity index (χ1v) is 5.85. The lowest BCUT2D eigenvalue weighted by atomic mass is 10.4. The van der Waals surface area contributed by atoms with Gasteiger partial charge in [-0.1, -0.05) is 5.21 Å². The van der Waals surface area contributed by atoms with Crippen LogP contribution in [-0.4, -0.2) is 49.3 Å². The van der Waals surface area contributed by atoms with Gasteiger partial charge in [0.05, 0.1) is 19.9 Å². The standard InChI is InChI=1S/C11H12N6O4/c1-21-11(20)8-2-3-9(15-14-8)12-4-7-5-17(16-13-7)6-10(18)19/h2-3,5H,4,6H2,1H3,(H,12,15)(H,18,19). The van der Waals surface area contributed by atoms with Gasteiger partial charge in [0.15, 0.2) is 5.69 Å². The van der Waals surface area contributed by atoms with Crippen LogP contribution in [0, 0.1) is 0 Å². The molecule has 2 rings (SSSR count). The number of aliphatic carboxylic acids is 1. The number of hydrogen-bond acceptors (Lipinski definition) is 8. The molecule has 2 aromatic rings. The highest BCUT2D eigenvalue weighted by molar-refractivity contribution is 5.86. The van der Waals surface area contributed by atoms with Gasteiger partial charge in [-0.15, -0.1) is 15.3 Å². The van der Waals surface area contributed by atoms with Crippen molar-refractivity contribution < 1.29 is 19.4 Å². The monoisotopic (exact) mass is 292 g/mol. The van der Waals surface area contributed by atoms with E-state index in [1.807, 2.05) is 0 Å². The fourth-order valence-electron chi connectivity index (χ4n) is 1.46. The number of carbonyl (C=O) groups is 2. The van der Waals surface area contributed by atoms with Gasteiger partial charge in [0.2, 0.25) is 0 Å². The van der Waals surface area contributed by atoms with E-state index < -0.39 is 11.9 Å². The molecule has 0 spiro atoms.